The fraction of sp³-hybridized carbons (Fsp3) is 1.00. The predicted octanol–water partition coefficient (Wildman–Crippen LogP) is 2.13. The summed E-state index contributed by atoms with van der Waals surface area (Å²) in [5.41, 5.74) is 0. The van der Waals surface area contributed by atoms with Gasteiger partial charge in [0.25, 0.3) is 0 Å². The van der Waals surface area contributed by atoms with E-state index >= 15 is 0 Å². The van der Waals surface area contributed by atoms with Crippen LogP contribution in [-0.4, -0.2) is 51.3 Å². The van der Waals surface area contributed by atoms with Gasteiger partial charge in [-0.3, -0.25) is 0 Å². The van der Waals surface area contributed by atoms with E-state index in [1.54, 1.807) is 0 Å². The van der Waals surface area contributed by atoms with Gasteiger partial charge in [0.05, 0.1) is 0 Å². The molecule has 0 aromatic carbocycles. The van der Waals surface area contributed by atoms with E-state index < -0.39 is 18.9 Å². The molecule has 0 aromatic heterocycles. The summed E-state index contributed by atoms with van der Waals surface area (Å²) in [6.45, 7) is 12.3. The Morgan fingerprint density at radius 3 is 1.77 bits per heavy atom. The number of rotatable bonds is 3. The zero-order chi connectivity index (χ0) is 9.90. The predicted molar refractivity (Wildman–Crippen MR) is 61.2 cm³/mol. The standard InChI is InChI=1S/C7H16N2.C2H5.CH3.Sn/c1-3-8-6-5-7-9-4-2;1-2;;/h3-7H2,1-2H3;1H2,2H3;1H3;/q-2;;;+2. The van der Waals surface area contributed by atoms with Crippen LogP contribution in [0.3, 0.4) is 0 Å². The van der Waals surface area contributed by atoms with Crippen LogP contribution < -0.4 is 0 Å². The molecule has 0 aromatic rings. The van der Waals surface area contributed by atoms with E-state index in [-0.39, 0.29) is 0 Å². The molecule has 0 saturated carbocycles. The van der Waals surface area contributed by atoms with Gasteiger partial charge in [-0.1, -0.05) is 0 Å². The second kappa shape index (κ2) is 4.98. The quantitative estimate of drug-likeness (QED) is 0.735. The first kappa shape index (κ1) is 11.8. The molecule has 0 radical (unpaired) electrons. The van der Waals surface area contributed by atoms with E-state index in [0.29, 0.717) is 0 Å². The summed E-state index contributed by atoms with van der Waals surface area (Å²) in [5, 5.41) is 0. The van der Waals surface area contributed by atoms with Gasteiger partial charge in [0, 0.05) is 0 Å². The van der Waals surface area contributed by atoms with Crippen molar-refractivity contribution in [2.45, 2.75) is 36.6 Å². The van der Waals surface area contributed by atoms with Crippen LogP contribution in [0.15, 0.2) is 0 Å². The first-order chi connectivity index (χ1) is 6.19. The second-order valence-corrected chi connectivity index (χ2v) is 16.7. The van der Waals surface area contributed by atoms with Gasteiger partial charge < -0.3 is 0 Å². The third kappa shape index (κ3) is 2.21. The molecular weight excluding hydrogens is 267 g/mol. The molecule has 1 rings (SSSR count). The van der Waals surface area contributed by atoms with Gasteiger partial charge in [0.2, 0.25) is 0 Å². The van der Waals surface area contributed by atoms with Crippen molar-refractivity contribution in [3.63, 3.8) is 0 Å². The fourth-order valence-electron chi connectivity index (χ4n) is 2.58. The summed E-state index contributed by atoms with van der Waals surface area (Å²) in [6, 6.07) is 0. The van der Waals surface area contributed by atoms with Gasteiger partial charge >= 0.3 is 87.9 Å². The summed E-state index contributed by atoms with van der Waals surface area (Å²) in [5.74, 6) is 0. The van der Waals surface area contributed by atoms with Crippen LogP contribution in [0.25, 0.3) is 0 Å². The Morgan fingerprint density at radius 1 is 1.00 bits per heavy atom. The molecule has 0 amide bonds. The van der Waals surface area contributed by atoms with E-state index in [0.717, 1.165) is 0 Å². The average molecular weight is 291 g/mol. The maximum atomic E-state index is 2.82. The van der Waals surface area contributed by atoms with Crippen molar-refractivity contribution in [1.29, 1.82) is 0 Å². The molecule has 1 saturated heterocycles. The molecule has 0 bridgehead atoms. The van der Waals surface area contributed by atoms with Gasteiger partial charge in [-0.25, -0.2) is 0 Å². The van der Waals surface area contributed by atoms with Crippen LogP contribution in [0.1, 0.15) is 27.2 Å². The van der Waals surface area contributed by atoms with Gasteiger partial charge in [-0.15, -0.1) is 0 Å². The van der Waals surface area contributed by atoms with E-state index in [2.05, 4.69) is 32.0 Å². The van der Waals surface area contributed by atoms with E-state index in [1.165, 1.54) is 37.0 Å². The summed E-state index contributed by atoms with van der Waals surface area (Å²) in [4.78, 5) is 2.60. The molecule has 0 N–H and O–H groups in total. The third-order valence-corrected chi connectivity index (χ3v) is 18.3. The van der Waals surface area contributed by atoms with Crippen LogP contribution in [-0.2, 0) is 0 Å². The molecule has 0 atom stereocenters. The van der Waals surface area contributed by atoms with Gasteiger partial charge in [-0.2, -0.15) is 0 Å². The summed E-state index contributed by atoms with van der Waals surface area (Å²) in [7, 11) is 0. The van der Waals surface area contributed by atoms with Gasteiger partial charge in [0.15, 0.2) is 0 Å². The maximum absolute atomic E-state index is 2.82. The number of hydrogen-bond acceptors (Lipinski definition) is 2. The Hall–Kier alpha value is 0.719. The van der Waals surface area contributed by atoms with Crippen molar-refractivity contribution >= 4 is 18.9 Å². The van der Waals surface area contributed by atoms with Crippen molar-refractivity contribution in [3.8, 4) is 0 Å². The van der Waals surface area contributed by atoms with Gasteiger partial charge in [-0.05, 0) is 0 Å². The molecule has 0 unspecified atom stereocenters. The van der Waals surface area contributed by atoms with Crippen molar-refractivity contribution in [2.75, 3.05) is 26.2 Å². The molecule has 2 nitrogen and oxygen atoms in total. The van der Waals surface area contributed by atoms with Crippen LogP contribution in [0.2, 0.25) is 9.38 Å². The van der Waals surface area contributed by atoms with Crippen molar-refractivity contribution in [2.24, 2.45) is 0 Å². The zero-order valence-corrected chi connectivity index (χ0v) is 12.5. The van der Waals surface area contributed by atoms with E-state index in [4.69, 9.17) is 0 Å². The van der Waals surface area contributed by atoms with Crippen molar-refractivity contribution in [1.82, 2.24) is 6.24 Å². The molecule has 0 aliphatic carbocycles. The Kier molecular flexibility index (Phi) is 4.52. The topological polar surface area (TPSA) is 6.48 Å². The Bertz CT molecular complexity index is 149. The molecule has 1 aliphatic rings. The average Bonchev–Trinajstić information content (AvgIpc) is 2.18. The molecule has 1 heterocycles. The van der Waals surface area contributed by atoms with E-state index in [1.807, 2.05) is 0 Å². The molecule has 13 heavy (non-hydrogen) atoms. The van der Waals surface area contributed by atoms with Crippen molar-refractivity contribution in [3.05, 3.63) is 0 Å². The molecule has 0 spiro atoms. The molecule has 1 fully saturated rings. The molecule has 78 valence electrons. The summed E-state index contributed by atoms with van der Waals surface area (Å²) >= 11 is -1.98. The SMILES string of the molecule is CC[N]1CCC[N](CC)[Sn]1([CH3])[CH2]C. The minimum atomic E-state index is -1.98. The van der Waals surface area contributed by atoms with Crippen LogP contribution in [0.4, 0.5) is 0 Å². The van der Waals surface area contributed by atoms with Crippen LogP contribution in [0.5, 0.6) is 0 Å². The van der Waals surface area contributed by atoms with Crippen LogP contribution in [0, 0.1) is 0 Å². The van der Waals surface area contributed by atoms with Crippen molar-refractivity contribution < 1.29 is 0 Å². The molecule has 1 aliphatic heterocycles. The normalized spacial score (nSPS) is 24.9. The second-order valence-electron chi connectivity index (χ2n) is 4.08. The molecule has 3 heteroatoms. The Morgan fingerprint density at radius 2 is 1.46 bits per heavy atom. The zero-order valence-electron chi connectivity index (χ0n) is 9.64. The van der Waals surface area contributed by atoms with Gasteiger partial charge in [0.1, 0.15) is 0 Å². The first-order valence-corrected chi connectivity index (χ1v) is 13.1. The monoisotopic (exact) mass is 292 g/mol. The fourth-order valence-corrected chi connectivity index (χ4v) is 13.8. The minimum absolute atomic E-state index is 1.27. The molecular formula is C10H24N2Sn. The third-order valence-electron chi connectivity index (χ3n) is 3.65. The van der Waals surface area contributed by atoms with E-state index in [9.17, 15) is 0 Å². The Labute approximate surface area is 87.9 Å². The number of hydrogen-bond donors (Lipinski definition) is 0. The van der Waals surface area contributed by atoms with Crippen LogP contribution >= 0.6 is 0 Å². The summed E-state index contributed by atoms with van der Waals surface area (Å²) in [6.07, 6.45) is 1.38. The Balaban J connectivity index is 2.75. The number of nitrogens with zero attached hydrogens (tertiary/aromatic N) is 2. The first-order valence-electron chi connectivity index (χ1n) is 5.69. The summed E-state index contributed by atoms with van der Waals surface area (Å²) < 4.78 is 7.08.